The largest absolute Gasteiger partial charge is 0.494 e. The van der Waals surface area contributed by atoms with Gasteiger partial charge in [0.2, 0.25) is 11.8 Å². The molecule has 1 atom stereocenters. The van der Waals surface area contributed by atoms with Gasteiger partial charge in [0, 0.05) is 87.3 Å². The monoisotopic (exact) mass is 861 g/mol. The number of piperidine rings is 1. The first-order valence-corrected chi connectivity index (χ1v) is 21.7. The van der Waals surface area contributed by atoms with E-state index in [2.05, 4.69) is 33.5 Å². The number of hydrogen-bond acceptors (Lipinski definition) is 11. The van der Waals surface area contributed by atoms with Crippen LogP contribution < -0.4 is 30.6 Å². The number of ether oxygens (including phenoxy) is 4. The molecule has 63 heavy (non-hydrogen) atoms. The first-order chi connectivity index (χ1) is 30.4. The number of imide groups is 2. The molecule has 1 aromatic heterocycles. The smallest absolute Gasteiger partial charge is 0.262 e. The summed E-state index contributed by atoms with van der Waals surface area (Å²) in [6, 6.07) is 17.7. The topological polar surface area (TPSA) is 186 Å². The molecule has 0 radical (unpaired) electrons. The second-order valence-electron chi connectivity index (χ2n) is 16.1. The fraction of sp³-hybridized carbons (Fsp3) is 0.417. The van der Waals surface area contributed by atoms with Crippen molar-refractivity contribution in [1.29, 1.82) is 0 Å². The van der Waals surface area contributed by atoms with E-state index in [4.69, 9.17) is 18.9 Å². The highest BCUT2D eigenvalue weighted by Gasteiger charge is 2.44. The van der Waals surface area contributed by atoms with Gasteiger partial charge in [0.25, 0.3) is 23.3 Å². The quantitative estimate of drug-likeness (QED) is 0.0841. The number of carbonyl (C=O) groups is 5. The summed E-state index contributed by atoms with van der Waals surface area (Å²) in [6.07, 6.45) is 3.22. The average molecular weight is 862 g/mol. The van der Waals surface area contributed by atoms with Gasteiger partial charge in [0.05, 0.1) is 24.3 Å². The standard InChI is InChI=1S/C48H55N5O10/c1-5-52(34-16-22-61-23-17-34)42-26-33(25-38(31(42)4)44(55)49-28-40-29(2)24-30(3)50-45(40)56)32-8-10-35(11-9-32)62-20-6-18-60-19-7-21-63-36-12-13-37-39(27-36)48(59)53(47(37)58)41-14-15-43(54)51-46(41)57/h8-13,24-27,34,41H,5-7,14-23,28H2,1-4H3,(H,49,55)(H,50,56)(H,51,54,57). The van der Waals surface area contributed by atoms with E-state index in [1.165, 1.54) is 12.1 Å². The Morgan fingerprint density at radius 2 is 1.49 bits per heavy atom. The van der Waals surface area contributed by atoms with Crippen LogP contribution in [0.15, 0.2) is 65.5 Å². The summed E-state index contributed by atoms with van der Waals surface area (Å²) in [4.78, 5) is 82.6. The highest BCUT2D eigenvalue weighted by Crippen LogP contribution is 2.35. The fourth-order valence-corrected chi connectivity index (χ4v) is 8.47. The number of benzene rings is 3. The number of pyridine rings is 1. The number of aryl methyl sites for hydroxylation is 2. The van der Waals surface area contributed by atoms with Crippen molar-refractivity contribution in [2.24, 2.45) is 0 Å². The second-order valence-corrected chi connectivity index (χ2v) is 16.1. The van der Waals surface area contributed by atoms with E-state index in [-0.39, 0.29) is 48.0 Å². The van der Waals surface area contributed by atoms with Crippen LogP contribution in [0, 0.1) is 20.8 Å². The predicted molar refractivity (Wildman–Crippen MR) is 235 cm³/mol. The van der Waals surface area contributed by atoms with Crippen LogP contribution in [0.2, 0.25) is 0 Å². The van der Waals surface area contributed by atoms with Crippen LogP contribution >= 0.6 is 0 Å². The lowest BCUT2D eigenvalue weighted by Gasteiger charge is -2.37. The minimum absolute atomic E-state index is 0.0575. The summed E-state index contributed by atoms with van der Waals surface area (Å²) in [5.74, 6) is -1.33. The molecule has 15 nitrogen and oxygen atoms in total. The van der Waals surface area contributed by atoms with Crippen LogP contribution in [0.3, 0.4) is 0 Å². The molecule has 5 amide bonds. The number of fused-ring (bicyclic) bond motifs is 1. The maximum Gasteiger partial charge on any atom is 0.262 e. The number of H-pyrrole nitrogens is 1. The molecule has 4 aromatic rings. The van der Waals surface area contributed by atoms with E-state index >= 15 is 0 Å². The Hall–Kier alpha value is -6.32. The summed E-state index contributed by atoms with van der Waals surface area (Å²) in [7, 11) is 0. The molecular formula is C48H55N5O10. The maximum absolute atomic E-state index is 13.9. The Bertz CT molecular complexity index is 2420. The molecule has 0 spiro atoms. The predicted octanol–water partition coefficient (Wildman–Crippen LogP) is 5.56. The number of amides is 5. The molecular weight excluding hydrogens is 807 g/mol. The Morgan fingerprint density at radius 1 is 0.810 bits per heavy atom. The summed E-state index contributed by atoms with van der Waals surface area (Å²) in [6.45, 7) is 11.8. The van der Waals surface area contributed by atoms with Gasteiger partial charge in [0.15, 0.2) is 0 Å². The van der Waals surface area contributed by atoms with Gasteiger partial charge in [-0.3, -0.25) is 39.0 Å². The van der Waals surface area contributed by atoms with E-state index in [9.17, 15) is 28.8 Å². The van der Waals surface area contributed by atoms with Crippen molar-refractivity contribution in [2.75, 3.05) is 51.1 Å². The minimum atomic E-state index is -1.02. The zero-order chi connectivity index (χ0) is 44.6. The summed E-state index contributed by atoms with van der Waals surface area (Å²) in [5.41, 5.74) is 6.57. The number of rotatable bonds is 18. The van der Waals surface area contributed by atoms with Crippen molar-refractivity contribution >= 4 is 35.2 Å². The van der Waals surface area contributed by atoms with Crippen molar-refractivity contribution in [3.8, 4) is 22.6 Å². The van der Waals surface area contributed by atoms with Crippen LogP contribution in [0.1, 0.15) is 98.9 Å². The fourth-order valence-electron chi connectivity index (χ4n) is 8.47. The van der Waals surface area contributed by atoms with Crippen molar-refractivity contribution in [1.82, 2.24) is 20.5 Å². The first-order valence-electron chi connectivity index (χ1n) is 21.7. The SMILES string of the molecule is CCN(c1cc(-c2ccc(OCCCOCCCOc3ccc4c(c3)C(=O)N(C3CCC(=O)NC3=O)C4=O)cc2)cc(C(=O)NCc2c(C)cc(C)[nH]c2=O)c1C)C1CCOCC1. The lowest BCUT2D eigenvalue weighted by Crippen LogP contribution is -2.54. The van der Waals surface area contributed by atoms with Gasteiger partial charge in [-0.15, -0.1) is 0 Å². The van der Waals surface area contributed by atoms with Crippen LogP contribution in [-0.4, -0.2) is 97.7 Å². The molecule has 3 N–H and O–H groups in total. The van der Waals surface area contributed by atoms with Crippen LogP contribution in [0.5, 0.6) is 11.5 Å². The summed E-state index contributed by atoms with van der Waals surface area (Å²) < 4.78 is 23.3. The third kappa shape index (κ3) is 10.3. The molecule has 2 saturated heterocycles. The molecule has 332 valence electrons. The second kappa shape index (κ2) is 20.2. The number of nitrogens with one attached hydrogen (secondary N) is 3. The Kier molecular flexibility index (Phi) is 14.4. The first kappa shape index (κ1) is 44.7. The molecule has 15 heteroatoms. The maximum atomic E-state index is 13.9. The van der Waals surface area contributed by atoms with Gasteiger partial charge in [-0.05, 0) is 118 Å². The van der Waals surface area contributed by atoms with Gasteiger partial charge in [-0.2, -0.15) is 0 Å². The van der Waals surface area contributed by atoms with Crippen LogP contribution in [0.4, 0.5) is 5.69 Å². The van der Waals surface area contributed by atoms with Crippen molar-refractivity contribution < 1.29 is 42.9 Å². The van der Waals surface area contributed by atoms with E-state index < -0.39 is 29.7 Å². The number of anilines is 1. The van der Waals surface area contributed by atoms with Gasteiger partial charge < -0.3 is 34.1 Å². The Balaban J connectivity index is 0.894. The van der Waals surface area contributed by atoms with E-state index in [0.717, 1.165) is 57.9 Å². The zero-order valence-electron chi connectivity index (χ0n) is 36.3. The van der Waals surface area contributed by atoms with Crippen molar-refractivity contribution in [3.63, 3.8) is 0 Å². The molecule has 0 saturated carbocycles. The van der Waals surface area contributed by atoms with Gasteiger partial charge in [-0.1, -0.05) is 12.1 Å². The van der Waals surface area contributed by atoms with E-state index in [1.807, 2.05) is 57.2 Å². The zero-order valence-corrected chi connectivity index (χ0v) is 36.3. The van der Waals surface area contributed by atoms with Crippen molar-refractivity contribution in [2.45, 2.75) is 84.8 Å². The van der Waals surface area contributed by atoms with E-state index in [0.29, 0.717) is 75.1 Å². The molecule has 4 heterocycles. The van der Waals surface area contributed by atoms with Crippen molar-refractivity contribution in [3.05, 3.63) is 110 Å². The van der Waals surface area contributed by atoms with Gasteiger partial charge in [0.1, 0.15) is 17.5 Å². The van der Waals surface area contributed by atoms with Gasteiger partial charge in [-0.25, -0.2) is 0 Å². The molecule has 3 aliphatic heterocycles. The number of hydrogen-bond donors (Lipinski definition) is 3. The third-order valence-corrected chi connectivity index (χ3v) is 11.8. The third-order valence-electron chi connectivity index (χ3n) is 11.8. The Morgan fingerprint density at radius 3 is 2.17 bits per heavy atom. The number of aromatic amines is 1. The van der Waals surface area contributed by atoms with Crippen LogP contribution in [0.25, 0.3) is 11.1 Å². The van der Waals surface area contributed by atoms with Crippen LogP contribution in [-0.2, 0) is 25.6 Å². The number of carbonyl (C=O) groups excluding carboxylic acids is 5. The number of nitrogens with zero attached hydrogens (tertiary/aromatic N) is 2. The summed E-state index contributed by atoms with van der Waals surface area (Å²) >= 11 is 0. The summed E-state index contributed by atoms with van der Waals surface area (Å²) in [5, 5.41) is 5.21. The molecule has 1 unspecified atom stereocenters. The highest BCUT2D eigenvalue weighted by molar-refractivity contribution is 6.23. The van der Waals surface area contributed by atoms with Gasteiger partial charge >= 0.3 is 0 Å². The normalized spacial score (nSPS) is 16.5. The molecule has 3 aliphatic rings. The average Bonchev–Trinajstić information content (AvgIpc) is 3.51. The van der Waals surface area contributed by atoms with E-state index in [1.54, 1.807) is 6.07 Å². The molecule has 0 bridgehead atoms. The Labute approximate surface area is 366 Å². The minimum Gasteiger partial charge on any atom is -0.494 e. The number of aromatic nitrogens is 1. The molecule has 7 rings (SSSR count). The molecule has 3 aromatic carbocycles. The highest BCUT2D eigenvalue weighted by atomic mass is 16.5. The lowest BCUT2D eigenvalue weighted by molar-refractivity contribution is -0.136. The molecule has 0 aliphatic carbocycles. The molecule has 2 fully saturated rings. The lowest BCUT2D eigenvalue weighted by atomic mass is 9.95.